The van der Waals surface area contributed by atoms with Crippen molar-refractivity contribution in [3.63, 3.8) is 0 Å². The number of nitrogens with one attached hydrogen (secondary N) is 4. The zero-order chi connectivity index (χ0) is 48.8. The van der Waals surface area contributed by atoms with E-state index in [9.17, 15) is 57.5 Å². The number of anilines is 2. The summed E-state index contributed by atoms with van der Waals surface area (Å²) in [6, 6.07) is 9.56. The Balaban J connectivity index is 0.758. The summed E-state index contributed by atoms with van der Waals surface area (Å²) >= 11 is 0. The summed E-state index contributed by atoms with van der Waals surface area (Å²) in [4.78, 5) is 90.7. The molecular weight excluding hydrogens is 947 g/mol. The number of ether oxygens (including phenoxy) is 4. The number of halogens is 1. The molecule has 4 amide bonds. The lowest BCUT2D eigenvalue weighted by atomic mass is 10.0. The number of H-pyrrole nitrogens is 1. The van der Waals surface area contributed by atoms with Crippen LogP contribution in [0, 0.1) is 5.82 Å². The van der Waals surface area contributed by atoms with Crippen LogP contribution in [-0.4, -0.2) is 140 Å². The Labute approximate surface area is 384 Å². The lowest BCUT2D eigenvalue weighted by molar-refractivity contribution is -0.745. The molecule has 7 atom stereocenters. The van der Waals surface area contributed by atoms with Crippen molar-refractivity contribution in [1.82, 2.24) is 29.8 Å². The van der Waals surface area contributed by atoms with E-state index in [1.807, 2.05) is 5.09 Å². The molecule has 7 rings (SSSR count). The van der Waals surface area contributed by atoms with E-state index < -0.39 is 70.0 Å². The van der Waals surface area contributed by atoms with E-state index in [4.69, 9.17) is 29.2 Å². The third-order valence-corrected chi connectivity index (χ3v) is 13.6. The number of nitrogen functional groups attached to an aromatic ring is 1. The van der Waals surface area contributed by atoms with Crippen molar-refractivity contribution in [2.75, 3.05) is 63.8 Å². The molecule has 0 saturated carbocycles. The van der Waals surface area contributed by atoms with Crippen LogP contribution in [0.4, 0.5) is 16.0 Å². The lowest BCUT2D eigenvalue weighted by Crippen LogP contribution is -2.52. The second-order valence-electron chi connectivity index (χ2n) is 15.6. The third-order valence-electron chi connectivity index (χ3n) is 10.8. The average Bonchev–Trinajstić information content (AvgIpc) is 3.90. The highest BCUT2D eigenvalue weighted by Crippen LogP contribution is 2.57. The van der Waals surface area contributed by atoms with Crippen molar-refractivity contribution in [2.45, 2.75) is 62.9 Å². The summed E-state index contributed by atoms with van der Waals surface area (Å²) in [6.07, 6.45) is -4.71. The van der Waals surface area contributed by atoms with Gasteiger partial charge < -0.3 is 54.9 Å². The Hall–Kier alpha value is -5.38. The molecule has 0 bridgehead atoms. The number of hydrogen-bond acceptors (Lipinski definition) is 17. The van der Waals surface area contributed by atoms with Gasteiger partial charge in [-0.15, -0.1) is 0 Å². The minimum atomic E-state index is -5.30. The van der Waals surface area contributed by atoms with Crippen molar-refractivity contribution < 1.29 is 85.0 Å². The lowest BCUT2D eigenvalue weighted by Gasteiger charge is -2.29. The van der Waals surface area contributed by atoms with Crippen LogP contribution in [0.2, 0.25) is 0 Å². The molecule has 2 aromatic heterocycles. The van der Waals surface area contributed by atoms with E-state index in [0.29, 0.717) is 22.4 Å². The predicted molar refractivity (Wildman–Crippen MR) is 229 cm³/mol. The molecule has 68 heavy (non-hydrogen) atoms. The fourth-order valence-electron chi connectivity index (χ4n) is 7.60. The number of carbonyl (C=O) groups is 4. The van der Waals surface area contributed by atoms with Gasteiger partial charge in [-0.05, 0) is 36.2 Å². The van der Waals surface area contributed by atoms with Gasteiger partial charge in [0, 0.05) is 36.3 Å². The van der Waals surface area contributed by atoms with E-state index in [0.717, 1.165) is 0 Å². The molecule has 3 aliphatic heterocycles. The standard InChI is InChI=1S/C39H48FN9O17P2/c40-23-6-4-22(5-7-23)18-47-21-49(34-31(47)36(55)46-39(41)45-34)38-33(53)32(52)28(65-38)20-64-68(59,60)66-67(57,58)42-11-13-62-15-17-63-16-14-61-12-10-30(51)43-26-3-1-2-24-25(26)19-48(37(24)56)27-8-9-29(50)44-35(27)54/h1-7,21,27-28,32-33,38,52-53H,8-20H2,(H7-,41,42,43,44,45,46,50,51,54,55,57,58,59,60)/p+1/t27?,28-,32-,33-,38-/m1/s1. The molecule has 0 aliphatic carbocycles. The van der Waals surface area contributed by atoms with Crippen LogP contribution in [0.1, 0.15) is 47.0 Å². The zero-order valence-electron chi connectivity index (χ0n) is 35.9. The number of phosphoric acid groups is 1. The van der Waals surface area contributed by atoms with E-state index in [1.54, 1.807) is 18.2 Å². The molecule has 29 heteroatoms. The number of imidazole rings is 1. The quantitative estimate of drug-likeness (QED) is 0.0187. The first-order chi connectivity index (χ1) is 32.4. The van der Waals surface area contributed by atoms with Gasteiger partial charge in [-0.2, -0.15) is 4.31 Å². The number of rotatable bonds is 23. The normalized spacial score (nSPS) is 22.3. The van der Waals surface area contributed by atoms with Crippen LogP contribution in [0.5, 0.6) is 0 Å². The maximum atomic E-state index is 13.5. The Morgan fingerprint density at radius 1 is 0.985 bits per heavy atom. The van der Waals surface area contributed by atoms with Gasteiger partial charge in [0.25, 0.3) is 17.4 Å². The third kappa shape index (κ3) is 12.4. The number of fused-ring (bicyclic) bond motifs is 2. The maximum Gasteiger partial charge on any atom is 0.480 e. The number of aliphatic hydroxyl groups is 2. The van der Waals surface area contributed by atoms with Gasteiger partial charge in [-0.3, -0.25) is 43.4 Å². The molecule has 5 heterocycles. The molecule has 10 N–H and O–H groups in total. The van der Waals surface area contributed by atoms with Gasteiger partial charge in [0.15, 0.2) is 6.33 Å². The average molecular weight is 997 g/mol. The minimum Gasteiger partial charge on any atom is -0.387 e. The number of imide groups is 1. The number of amides is 4. The van der Waals surface area contributed by atoms with Crippen molar-refractivity contribution >= 4 is 62.0 Å². The number of nitrogens with zero attached hydrogens (tertiary/aromatic N) is 4. The van der Waals surface area contributed by atoms with Crippen molar-refractivity contribution in [2.24, 2.45) is 0 Å². The number of phosphoric ester groups is 1. The van der Waals surface area contributed by atoms with Crippen molar-refractivity contribution in [3.05, 3.63) is 81.7 Å². The Morgan fingerprint density at radius 2 is 1.69 bits per heavy atom. The number of carbonyl (C=O) groups excluding carboxylic acids is 4. The predicted octanol–water partition coefficient (Wildman–Crippen LogP) is -0.936. The fraction of sp³-hybridized carbons (Fsp3) is 0.462. The molecule has 26 nitrogen and oxygen atoms in total. The number of aliphatic hydroxyl groups excluding tert-OH is 2. The van der Waals surface area contributed by atoms with Crippen LogP contribution in [0.3, 0.4) is 0 Å². The summed E-state index contributed by atoms with van der Waals surface area (Å²) in [5.41, 5.74) is 7.01. The Bertz CT molecular complexity index is 2670. The first-order valence-electron chi connectivity index (χ1n) is 21.0. The first-order valence-corrected chi connectivity index (χ1v) is 24.1. The summed E-state index contributed by atoms with van der Waals surface area (Å²) in [7, 11) is -10.3. The molecule has 3 unspecified atom stereocenters. The number of aromatic nitrogens is 4. The summed E-state index contributed by atoms with van der Waals surface area (Å²) < 4.78 is 72.5. The van der Waals surface area contributed by atoms with Crippen LogP contribution in [-0.2, 0) is 64.4 Å². The summed E-state index contributed by atoms with van der Waals surface area (Å²) in [6.45, 7) is -0.710. The van der Waals surface area contributed by atoms with E-state index >= 15 is 0 Å². The van der Waals surface area contributed by atoms with Crippen LogP contribution >= 0.6 is 15.6 Å². The topological polar surface area (TPSA) is 359 Å². The monoisotopic (exact) mass is 996 g/mol. The summed E-state index contributed by atoms with van der Waals surface area (Å²) in [5.74, 6) is -2.39. The van der Waals surface area contributed by atoms with Gasteiger partial charge in [0.05, 0.1) is 59.2 Å². The number of hydrogen-bond donors (Lipinski definition) is 9. The molecule has 4 aromatic rings. The molecule has 368 valence electrons. The fourth-order valence-corrected chi connectivity index (χ4v) is 9.85. The van der Waals surface area contributed by atoms with Gasteiger partial charge in [-0.1, -0.05) is 23.2 Å². The number of piperidine rings is 1. The van der Waals surface area contributed by atoms with Gasteiger partial charge in [-0.25, -0.2) is 23.2 Å². The highest BCUT2D eigenvalue weighted by atomic mass is 31.3. The summed E-state index contributed by atoms with van der Waals surface area (Å²) in [5, 5.41) is 28.7. The van der Waals surface area contributed by atoms with Gasteiger partial charge in [0.1, 0.15) is 30.2 Å². The SMILES string of the molecule is Nc1nc2c(c(=O)[nH]1)n(Cc1ccc(F)cc1)c[n+]2[C@@H]1O[C@H](COP(=O)(O)OP(=O)(O)NCCOCCOCCOCCC(=O)Nc2cccc3c2CN(C2CCC(=O)NC2=O)C3=O)[C@@H](O)[C@H]1O. The van der Waals surface area contributed by atoms with Crippen molar-refractivity contribution in [1.29, 1.82) is 0 Å². The number of aromatic amines is 1. The highest BCUT2D eigenvalue weighted by Gasteiger charge is 2.48. The Kier molecular flexibility index (Phi) is 16.3. The molecule has 2 fully saturated rings. The first kappa shape index (κ1) is 50.5. The van der Waals surface area contributed by atoms with Crippen LogP contribution in [0.15, 0.2) is 53.6 Å². The second-order valence-corrected chi connectivity index (χ2v) is 18.8. The molecule has 2 saturated heterocycles. The second kappa shape index (κ2) is 21.9. The minimum absolute atomic E-state index is 0.00141. The van der Waals surface area contributed by atoms with E-state index in [2.05, 4.69) is 24.9 Å². The molecular formula is C39H49FN9O17P2+. The van der Waals surface area contributed by atoms with E-state index in [1.165, 1.54) is 44.6 Å². The smallest absolute Gasteiger partial charge is 0.387 e. The highest BCUT2D eigenvalue weighted by molar-refractivity contribution is 7.62. The van der Waals surface area contributed by atoms with Crippen molar-refractivity contribution in [3.8, 4) is 0 Å². The van der Waals surface area contributed by atoms with Gasteiger partial charge >= 0.3 is 21.2 Å². The van der Waals surface area contributed by atoms with Crippen LogP contribution < -0.4 is 31.6 Å². The number of benzene rings is 2. The maximum absolute atomic E-state index is 13.5. The Morgan fingerprint density at radius 3 is 2.41 bits per heavy atom. The van der Waals surface area contributed by atoms with Gasteiger partial charge in [0.2, 0.25) is 29.5 Å². The van der Waals surface area contributed by atoms with Crippen LogP contribution in [0.25, 0.3) is 11.2 Å². The molecule has 3 aliphatic rings. The largest absolute Gasteiger partial charge is 0.480 e. The zero-order valence-corrected chi connectivity index (χ0v) is 37.7. The number of nitrogens with two attached hydrogens (primary N) is 1. The molecule has 0 spiro atoms. The molecule has 0 radical (unpaired) electrons. The van der Waals surface area contributed by atoms with E-state index in [-0.39, 0.29) is 113 Å². The molecule has 2 aromatic carbocycles.